The molecule has 3 rings (SSSR count). The zero-order valence-electron chi connectivity index (χ0n) is 19.6. The molecule has 9 heteroatoms. The summed E-state index contributed by atoms with van der Waals surface area (Å²) in [7, 11) is 1.71. The van der Waals surface area contributed by atoms with Crippen LogP contribution in [-0.2, 0) is 20.9 Å². The zero-order chi connectivity index (χ0) is 24.0. The molecule has 0 aliphatic carbocycles. The second-order valence-electron chi connectivity index (χ2n) is 8.77. The Hall–Kier alpha value is -3.09. The predicted octanol–water partition coefficient (Wildman–Crippen LogP) is 1.12. The second-order valence-corrected chi connectivity index (χ2v) is 8.77. The summed E-state index contributed by atoms with van der Waals surface area (Å²) < 4.78 is 5.38. The molecule has 0 bridgehead atoms. The number of rotatable bonds is 8. The van der Waals surface area contributed by atoms with E-state index in [1.165, 1.54) is 0 Å². The van der Waals surface area contributed by atoms with Gasteiger partial charge < -0.3 is 19.9 Å². The molecule has 178 valence electrons. The van der Waals surface area contributed by atoms with Gasteiger partial charge >= 0.3 is 6.03 Å². The molecular formula is C24H33N5O4. The molecule has 0 aromatic heterocycles. The van der Waals surface area contributed by atoms with Gasteiger partial charge in [0.2, 0.25) is 11.8 Å². The number of benzene rings is 1. The van der Waals surface area contributed by atoms with Crippen molar-refractivity contribution >= 4 is 17.8 Å². The first kappa shape index (κ1) is 24.6. The van der Waals surface area contributed by atoms with Crippen molar-refractivity contribution in [3.63, 3.8) is 0 Å². The Balaban J connectivity index is 1.82. The van der Waals surface area contributed by atoms with Gasteiger partial charge in [-0.3, -0.25) is 9.59 Å². The second kappa shape index (κ2) is 11.2. The van der Waals surface area contributed by atoms with Crippen LogP contribution in [0.25, 0.3) is 0 Å². The molecule has 0 unspecified atom stereocenters. The number of piperazine rings is 1. The summed E-state index contributed by atoms with van der Waals surface area (Å²) in [5, 5.41) is 6.12. The lowest BCUT2D eigenvalue weighted by Gasteiger charge is -2.54. The van der Waals surface area contributed by atoms with Crippen LogP contribution in [0.2, 0.25) is 0 Å². The normalized spacial score (nSPS) is 21.2. The Bertz CT molecular complexity index is 885. The third-order valence-corrected chi connectivity index (χ3v) is 5.82. The summed E-state index contributed by atoms with van der Waals surface area (Å²) in [4.78, 5) is 42.9. The van der Waals surface area contributed by atoms with Crippen LogP contribution in [0.3, 0.4) is 0 Å². The van der Waals surface area contributed by atoms with Gasteiger partial charge in [-0.05, 0) is 17.9 Å². The van der Waals surface area contributed by atoms with Gasteiger partial charge in [0.1, 0.15) is 18.8 Å². The van der Waals surface area contributed by atoms with Crippen LogP contribution in [0.15, 0.2) is 30.3 Å². The van der Waals surface area contributed by atoms with Crippen molar-refractivity contribution in [2.45, 2.75) is 39.0 Å². The maximum atomic E-state index is 13.3. The lowest BCUT2D eigenvalue weighted by atomic mass is 9.97. The molecule has 1 aromatic rings. The van der Waals surface area contributed by atoms with Crippen molar-refractivity contribution in [2.75, 3.05) is 39.9 Å². The molecule has 2 heterocycles. The summed E-state index contributed by atoms with van der Waals surface area (Å²) in [6, 6.07) is 8.68. The van der Waals surface area contributed by atoms with Crippen LogP contribution in [-0.4, -0.2) is 89.8 Å². The molecule has 0 radical (unpaired) electrons. The minimum absolute atomic E-state index is 0.0302. The van der Waals surface area contributed by atoms with E-state index in [1.54, 1.807) is 26.9 Å². The minimum Gasteiger partial charge on any atom is -0.367 e. The lowest BCUT2D eigenvalue weighted by Crippen LogP contribution is -2.76. The SMILES string of the molecule is C#CCOCCN1C[C@H]2N(C(=O)CN(C)N2C(=O)NCc2ccccc2)[C@@H](CC(C)C)C1=O. The molecule has 2 atom stereocenters. The van der Waals surface area contributed by atoms with Crippen molar-refractivity contribution in [1.82, 2.24) is 25.1 Å². The van der Waals surface area contributed by atoms with E-state index >= 15 is 0 Å². The maximum absolute atomic E-state index is 13.3. The fourth-order valence-corrected chi connectivity index (χ4v) is 4.34. The molecular weight excluding hydrogens is 422 g/mol. The zero-order valence-corrected chi connectivity index (χ0v) is 19.6. The molecule has 2 fully saturated rings. The largest absolute Gasteiger partial charge is 0.367 e. The number of urea groups is 1. The van der Waals surface area contributed by atoms with E-state index < -0.39 is 12.2 Å². The number of likely N-dealkylation sites (N-methyl/N-ethyl adjacent to an activating group) is 1. The van der Waals surface area contributed by atoms with Crippen LogP contribution < -0.4 is 5.32 Å². The van der Waals surface area contributed by atoms with E-state index in [2.05, 4.69) is 11.2 Å². The highest BCUT2D eigenvalue weighted by Crippen LogP contribution is 2.28. The molecule has 2 aliphatic heterocycles. The molecule has 0 spiro atoms. The number of terminal acetylenes is 1. The van der Waals surface area contributed by atoms with Crippen molar-refractivity contribution in [3.05, 3.63) is 35.9 Å². The average Bonchev–Trinajstić information content (AvgIpc) is 2.78. The summed E-state index contributed by atoms with van der Waals surface area (Å²) in [5.74, 6) is 2.34. The lowest BCUT2D eigenvalue weighted by molar-refractivity contribution is -0.188. The molecule has 1 N–H and O–H groups in total. The highest BCUT2D eigenvalue weighted by Gasteiger charge is 2.50. The van der Waals surface area contributed by atoms with Crippen molar-refractivity contribution < 1.29 is 19.1 Å². The van der Waals surface area contributed by atoms with Gasteiger partial charge in [-0.1, -0.05) is 50.1 Å². The number of fused-ring (bicyclic) bond motifs is 1. The Morgan fingerprint density at radius 2 is 2.00 bits per heavy atom. The van der Waals surface area contributed by atoms with E-state index in [1.807, 2.05) is 44.2 Å². The Morgan fingerprint density at radius 3 is 2.67 bits per heavy atom. The molecule has 2 aliphatic rings. The number of hydrazine groups is 1. The third-order valence-electron chi connectivity index (χ3n) is 5.82. The quantitative estimate of drug-likeness (QED) is 0.469. The summed E-state index contributed by atoms with van der Waals surface area (Å²) in [6.07, 6.45) is 5.16. The van der Waals surface area contributed by atoms with E-state index in [4.69, 9.17) is 11.2 Å². The molecule has 9 nitrogen and oxygen atoms in total. The Labute approximate surface area is 195 Å². The number of amides is 4. The number of ether oxygens (including phenoxy) is 1. The number of nitrogens with zero attached hydrogens (tertiary/aromatic N) is 4. The minimum atomic E-state index is -0.623. The van der Waals surface area contributed by atoms with Crippen molar-refractivity contribution in [3.8, 4) is 12.3 Å². The molecule has 33 heavy (non-hydrogen) atoms. The summed E-state index contributed by atoms with van der Waals surface area (Å²) >= 11 is 0. The fourth-order valence-electron chi connectivity index (χ4n) is 4.34. The number of carbonyl (C=O) groups is 3. The highest BCUT2D eigenvalue weighted by atomic mass is 16.5. The van der Waals surface area contributed by atoms with E-state index in [-0.39, 0.29) is 43.5 Å². The topological polar surface area (TPSA) is 85.4 Å². The van der Waals surface area contributed by atoms with E-state index in [0.29, 0.717) is 26.1 Å². The first-order chi connectivity index (χ1) is 15.8. The monoisotopic (exact) mass is 455 g/mol. The number of carbonyl (C=O) groups excluding carboxylic acids is 3. The summed E-state index contributed by atoms with van der Waals surface area (Å²) in [6.45, 7) is 5.44. The number of nitrogens with one attached hydrogen (secondary N) is 1. The number of hydrogen-bond acceptors (Lipinski definition) is 5. The fraction of sp³-hybridized carbons (Fsp3) is 0.542. The van der Waals surface area contributed by atoms with Crippen LogP contribution in [0, 0.1) is 18.3 Å². The van der Waals surface area contributed by atoms with Crippen LogP contribution in [0.4, 0.5) is 4.79 Å². The van der Waals surface area contributed by atoms with Gasteiger partial charge in [0, 0.05) is 20.1 Å². The molecule has 1 aromatic carbocycles. The van der Waals surface area contributed by atoms with Crippen LogP contribution in [0.1, 0.15) is 25.8 Å². The molecule has 2 saturated heterocycles. The molecule has 4 amide bonds. The maximum Gasteiger partial charge on any atom is 0.334 e. The van der Waals surface area contributed by atoms with Gasteiger partial charge in [0.25, 0.3) is 0 Å². The van der Waals surface area contributed by atoms with Crippen LogP contribution in [0.5, 0.6) is 0 Å². The Kier molecular flexibility index (Phi) is 8.31. The number of hydrogen-bond donors (Lipinski definition) is 1. The average molecular weight is 456 g/mol. The smallest absolute Gasteiger partial charge is 0.334 e. The van der Waals surface area contributed by atoms with Gasteiger partial charge in [-0.15, -0.1) is 6.42 Å². The first-order valence-corrected chi connectivity index (χ1v) is 11.3. The Morgan fingerprint density at radius 1 is 1.27 bits per heavy atom. The van der Waals surface area contributed by atoms with Gasteiger partial charge in [-0.2, -0.15) is 0 Å². The van der Waals surface area contributed by atoms with E-state index in [0.717, 1.165) is 5.56 Å². The predicted molar refractivity (Wildman–Crippen MR) is 123 cm³/mol. The standard InChI is InChI=1S/C24H33N5O4/c1-5-12-33-13-11-27-16-21-28(20(23(27)31)14-18(2)3)22(30)17-26(4)29(21)24(32)25-15-19-9-7-6-8-10-19/h1,6-10,18,20-21H,11-17H2,2-4H3,(H,25,32)/t20-,21-/m0/s1. The van der Waals surface area contributed by atoms with Crippen molar-refractivity contribution in [2.24, 2.45) is 5.92 Å². The third kappa shape index (κ3) is 5.83. The highest BCUT2D eigenvalue weighted by molar-refractivity contribution is 5.91. The van der Waals surface area contributed by atoms with Gasteiger partial charge in [-0.25, -0.2) is 14.8 Å². The molecule has 0 saturated carbocycles. The van der Waals surface area contributed by atoms with Gasteiger partial charge in [0.15, 0.2) is 0 Å². The summed E-state index contributed by atoms with van der Waals surface area (Å²) in [5.41, 5.74) is 0.974. The first-order valence-electron chi connectivity index (χ1n) is 11.3. The van der Waals surface area contributed by atoms with E-state index in [9.17, 15) is 14.4 Å². The van der Waals surface area contributed by atoms with Crippen LogP contribution >= 0.6 is 0 Å². The van der Waals surface area contributed by atoms with Crippen molar-refractivity contribution in [1.29, 1.82) is 0 Å². The van der Waals surface area contributed by atoms with Gasteiger partial charge in [0.05, 0.1) is 19.7 Å².